The Morgan fingerprint density at radius 3 is 2.86 bits per heavy atom. The van der Waals surface area contributed by atoms with Crippen molar-refractivity contribution in [1.29, 1.82) is 0 Å². The number of amides is 1. The van der Waals surface area contributed by atoms with Crippen molar-refractivity contribution in [2.75, 3.05) is 19.8 Å². The van der Waals surface area contributed by atoms with E-state index >= 15 is 0 Å². The molecule has 0 radical (unpaired) electrons. The van der Waals surface area contributed by atoms with Crippen molar-refractivity contribution in [3.63, 3.8) is 0 Å². The molecule has 122 valence electrons. The monoisotopic (exact) mass is 296 g/mol. The van der Waals surface area contributed by atoms with Gasteiger partial charge in [-0.1, -0.05) is 26.7 Å². The summed E-state index contributed by atoms with van der Waals surface area (Å²) in [5.74, 6) is 1.57. The Bertz CT molecular complexity index is 320. The number of fused-ring (bicyclic) bond motifs is 1. The lowest BCUT2D eigenvalue weighted by Gasteiger charge is -2.39. The van der Waals surface area contributed by atoms with Crippen LogP contribution in [0.25, 0.3) is 0 Å². The molecular formula is C17H32N2O2. The quantitative estimate of drug-likeness (QED) is 0.710. The number of piperidine rings is 1. The molecule has 0 bridgehead atoms. The third kappa shape index (κ3) is 5.59. The van der Waals surface area contributed by atoms with E-state index in [2.05, 4.69) is 24.5 Å². The molecule has 0 aromatic rings. The fourth-order valence-electron chi connectivity index (χ4n) is 3.53. The summed E-state index contributed by atoms with van der Waals surface area (Å²) in [6.07, 6.45) is 8.39. The lowest BCUT2D eigenvalue weighted by molar-refractivity contribution is -0.124. The molecule has 3 unspecified atom stereocenters. The molecule has 1 saturated heterocycles. The van der Waals surface area contributed by atoms with Gasteiger partial charge in [0.25, 0.3) is 0 Å². The Labute approximate surface area is 129 Å². The van der Waals surface area contributed by atoms with Gasteiger partial charge in [0.15, 0.2) is 0 Å². The first kappa shape index (κ1) is 16.8. The van der Waals surface area contributed by atoms with E-state index in [0.29, 0.717) is 12.0 Å². The number of carbonyl (C=O) groups is 1. The Morgan fingerprint density at radius 1 is 1.24 bits per heavy atom. The maximum absolute atomic E-state index is 12.2. The van der Waals surface area contributed by atoms with E-state index in [9.17, 15) is 4.79 Å². The SMILES string of the molecule is CC(C)COCCCNC(=O)C1CCC2CCCCC2N1. The summed E-state index contributed by atoms with van der Waals surface area (Å²) < 4.78 is 5.53. The molecular weight excluding hydrogens is 264 g/mol. The Kier molecular flexibility index (Phi) is 6.97. The van der Waals surface area contributed by atoms with Gasteiger partial charge in [0.2, 0.25) is 5.91 Å². The van der Waals surface area contributed by atoms with Gasteiger partial charge in [0.1, 0.15) is 0 Å². The fraction of sp³-hybridized carbons (Fsp3) is 0.941. The average Bonchev–Trinajstić information content (AvgIpc) is 2.49. The second-order valence-electron chi connectivity index (χ2n) is 7.06. The lowest BCUT2D eigenvalue weighted by atomic mass is 9.77. The molecule has 4 nitrogen and oxygen atoms in total. The van der Waals surface area contributed by atoms with Gasteiger partial charge in [0, 0.05) is 25.8 Å². The normalized spacial score (nSPS) is 29.2. The van der Waals surface area contributed by atoms with E-state index in [0.717, 1.165) is 38.5 Å². The van der Waals surface area contributed by atoms with Crippen molar-refractivity contribution >= 4 is 5.91 Å². The molecule has 4 heteroatoms. The van der Waals surface area contributed by atoms with Gasteiger partial charge in [-0.2, -0.15) is 0 Å². The van der Waals surface area contributed by atoms with Crippen molar-refractivity contribution in [2.24, 2.45) is 11.8 Å². The van der Waals surface area contributed by atoms with E-state index in [4.69, 9.17) is 4.74 Å². The number of ether oxygens (including phenoxy) is 1. The molecule has 1 saturated carbocycles. The maximum Gasteiger partial charge on any atom is 0.237 e. The van der Waals surface area contributed by atoms with E-state index in [1.165, 1.54) is 32.1 Å². The van der Waals surface area contributed by atoms with Gasteiger partial charge in [-0.15, -0.1) is 0 Å². The zero-order chi connectivity index (χ0) is 15.1. The third-order valence-corrected chi connectivity index (χ3v) is 4.68. The minimum absolute atomic E-state index is 0.0286. The smallest absolute Gasteiger partial charge is 0.237 e. The van der Waals surface area contributed by atoms with Crippen LogP contribution in [0.1, 0.15) is 58.8 Å². The second-order valence-corrected chi connectivity index (χ2v) is 7.06. The molecule has 21 heavy (non-hydrogen) atoms. The molecule has 1 amide bonds. The highest BCUT2D eigenvalue weighted by Crippen LogP contribution is 2.32. The van der Waals surface area contributed by atoms with Crippen LogP contribution in [0, 0.1) is 11.8 Å². The summed E-state index contributed by atoms with van der Waals surface area (Å²) in [5.41, 5.74) is 0. The van der Waals surface area contributed by atoms with Crippen LogP contribution in [-0.2, 0) is 9.53 Å². The first-order valence-electron chi connectivity index (χ1n) is 8.78. The Morgan fingerprint density at radius 2 is 2.05 bits per heavy atom. The van der Waals surface area contributed by atoms with Crippen molar-refractivity contribution in [1.82, 2.24) is 10.6 Å². The number of carbonyl (C=O) groups excluding carboxylic acids is 1. The van der Waals surface area contributed by atoms with Crippen LogP contribution in [0.5, 0.6) is 0 Å². The van der Waals surface area contributed by atoms with Gasteiger partial charge in [-0.3, -0.25) is 4.79 Å². The van der Waals surface area contributed by atoms with E-state index < -0.39 is 0 Å². The summed E-state index contributed by atoms with van der Waals surface area (Å²) in [4.78, 5) is 12.2. The highest BCUT2D eigenvalue weighted by Gasteiger charge is 2.34. The van der Waals surface area contributed by atoms with Crippen LogP contribution in [0.2, 0.25) is 0 Å². The van der Waals surface area contributed by atoms with E-state index in [1.54, 1.807) is 0 Å². The zero-order valence-corrected chi connectivity index (χ0v) is 13.7. The van der Waals surface area contributed by atoms with Crippen molar-refractivity contribution in [2.45, 2.75) is 70.9 Å². The van der Waals surface area contributed by atoms with Crippen molar-refractivity contribution < 1.29 is 9.53 Å². The molecule has 2 aliphatic rings. The zero-order valence-electron chi connectivity index (χ0n) is 13.7. The molecule has 2 fully saturated rings. The molecule has 2 rings (SSSR count). The van der Waals surface area contributed by atoms with Gasteiger partial charge in [-0.25, -0.2) is 0 Å². The van der Waals surface area contributed by atoms with Crippen LogP contribution in [0.3, 0.4) is 0 Å². The maximum atomic E-state index is 12.2. The Hall–Kier alpha value is -0.610. The number of hydrogen-bond donors (Lipinski definition) is 2. The summed E-state index contributed by atoms with van der Waals surface area (Å²) in [5, 5.41) is 6.63. The highest BCUT2D eigenvalue weighted by molar-refractivity contribution is 5.81. The van der Waals surface area contributed by atoms with Gasteiger partial charge in [0.05, 0.1) is 6.04 Å². The van der Waals surface area contributed by atoms with E-state index in [-0.39, 0.29) is 11.9 Å². The lowest BCUT2D eigenvalue weighted by Crippen LogP contribution is -2.55. The number of nitrogens with one attached hydrogen (secondary N) is 2. The molecule has 1 heterocycles. The summed E-state index contributed by atoms with van der Waals surface area (Å²) in [7, 11) is 0. The third-order valence-electron chi connectivity index (χ3n) is 4.68. The predicted molar refractivity (Wildman–Crippen MR) is 85.2 cm³/mol. The number of rotatable bonds is 7. The van der Waals surface area contributed by atoms with Crippen LogP contribution < -0.4 is 10.6 Å². The summed E-state index contributed by atoms with van der Waals surface area (Å²) in [6, 6.07) is 0.610. The fourth-order valence-corrected chi connectivity index (χ4v) is 3.53. The number of hydrogen-bond acceptors (Lipinski definition) is 3. The van der Waals surface area contributed by atoms with E-state index in [1.807, 2.05) is 0 Å². The van der Waals surface area contributed by atoms with Gasteiger partial charge in [-0.05, 0) is 43.9 Å². The molecule has 0 aromatic heterocycles. The molecule has 1 aliphatic heterocycles. The molecule has 3 atom stereocenters. The Balaban J connectivity index is 1.58. The van der Waals surface area contributed by atoms with Crippen molar-refractivity contribution in [3.8, 4) is 0 Å². The van der Waals surface area contributed by atoms with Crippen LogP contribution in [0.4, 0.5) is 0 Å². The summed E-state index contributed by atoms with van der Waals surface area (Å²) in [6.45, 7) is 6.57. The van der Waals surface area contributed by atoms with Gasteiger partial charge < -0.3 is 15.4 Å². The van der Waals surface area contributed by atoms with Crippen LogP contribution in [-0.4, -0.2) is 37.7 Å². The van der Waals surface area contributed by atoms with Crippen LogP contribution >= 0.6 is 0 Å². The van der Waals surface area contributed by atoms with Gasteiger partial charge >= 0.3 is 0 Å². The minimum Gasteiger partial charge on any atom is -0.381 e. The largest absolute Gasteiger partial charge is 0.381 e. The molecule has 1 aliphatic carbocycles. The second kappa shape index (κ2) is 8.74. The molecule has 0 aromatic carbocycles. The first-order chi connectivity index (χ1) is 10.2. The highest BCUT2D eigenvalue weighted by atomic mass is 16.5. The minimum atomic E-state index is 0.0286. The molecule has 0 spiro atoms. The standard InChI is InChI=1S/C17H32N2O2/c1-13(2)12-21-11-5-10-18-17(20)16-9-8-14-6-3-4-7-15(14)19-16/h13-16,19H,3-12H2,1-2H3,(H,18,20). The predicted octanol–water partition coefficient (Wildman–Crippen LogP) is 2.48. The van der Waals surface area contributed by atoms with Crippen LogP contribution in [0.15, 0.2) is 0 Å². The average molecular weight is 296 g/mol. The topological polar surface area (TPSA) is 50.4 Å². The molecule has 2 N–H and O–H groups in total. The summed E-state index contributed by atoms with van der Waals surface area (Å²) >= 11 is 0. The van der Waals surface area contributed by atoms with Crippen molar-refractivity contribution in [3.05, 3.63) is 0 Å². The first-order valence-corrected chi connectivity index (χ1v) is 8.78.